The van der Waals surface area contributed by atoms with Crippen molar-refractivity contribution < 1.29 is 9.59 Å². The molecule has 0 unspecified atom stereocenters. The Hall–Kier alpha value is -1.93. The van der Waals surface area contributed by atoms with Gasteiger partial charge in [0.15, 0.2) is 5.78 Å². The number of hydrogen-bond donors (Lipinski definition) is 0. The van der Waals surface area contributed by atoms with Gasteiger partial charge in [-0.15, -0.1) is 0 Å². The van der Waals surface area contributed by atoms with Crippen LogP contribution in [-0.2, 0) is 11.2 Å². The van der Waals surface area contributed by atoms with Crippen LogP contribution in [0.25, 0.3) is 0 Å². The molecule has 0 spiro atoms. The van der Waals surface area contributed by atoms with Crippen molar-refractivity contribution >= 4 is 22.6 Å². The number of carbonyl (C=O) groups excluding carboxylic acids is 2. The molecule has 0 fully saturated rings. The van der Waals surface area contributed by atoms with Crippen molar-refractivity contribution in [2.75, 3.05) is 0 Å². The van der Waals surface area contributed by atoms with E-state index in [-0.39, 0.29) is 12.2 Å². The molecule has 0 saturated heterocycles. The lowest BCUT2D eigenvalue weighted by molar-refractivity contribution is -0.111. The third-order valence-corrected chi connectivity index (χ3v) is 2.73. The van der Waals surface area contributed by atoms with Crippen LogP contribution in [0.5, 0.6) is 0 Å². The Morgan fingerprint density at radius 1 is 0.833 bits per heavy atom. The zero-order chi connectivity index (χ0) is 13.0. The highest BCUT2D eigenvalue weighted by atomic mass is 35.5. The Kier molecular flexibility index (Phi) is 3.90. The van der Waals surface area contributed by atoms with E-state index in [2.05, 4.69) is 0 Å². The summed E-state index contributed by atoms with van der Waals surface area (Å²) in [6, 6.07) is 16.0. The van der Waals surface area contributed by atoms with Gasteiger partial charge < -0.3 is 0 Å². The topological polar surface area (TPSA) is 34.1 Å². The van der Waals surface area contributed by atoms with Crippen LogP contribution >= 0.6 is 11.6 Å². The second kappa shape index (κ2) is 5.61. The molecule has 2 nitrogen and oxygen atoms in total. The van der Waals surface area contributed by atoms with Crippen molar-refractivity contribution in [3.05, 3.63) is 71.3 Å². The summed E-state index contributed by atoms with van der Waals surface area (Å²) in [5.41, 5.74) is 2.06. The number of carbonyl (C=O) groups is 2. The third-order valence-electron chi connectivity index (χ3n) is 2.60. The van der Waals surface area contributed by atoms with Gasteiger partial charge in [0.25, 0.3) is 0 Å². The van der Waals surface area contributed by atoms with Crippen LogP contribution in [0, 0.1) is 0 Å². The van der Waals surface area contributed by atoms with Gasteiger partial charge in [0, 0.05) is 17.5 Å². The van der Waals surface area contributed by atoms with Gasteiger partial charge in [-0.2, -0.15) is 0 Å². The van der Waals surface area contributed by atoms with E-state index >= 15 is 0 Å². The average molecular weight is 259 g/mol. The van der Waals surface area contributed by atoms with Crippen molar-refractivity contribution in [3.63, 3.8) is 0 Å². The summed E-state index contributed by atoms with van der Waals surface area (Å²) in [6.45, 7) is 0. The minimum Gasteiger partial charge on any atom is -0.289 e. The highest BCUT2D eigenvalue weighted by molar-refractivity contribution is 6.63. The molecule has 0 atom stereocenters. The molecule has 0 N–H and O–H groups in total. The average Bonchev–Trinajstić information content (AvgIpc) is 2.39. The zero-order valence-electron chi connectivity index (χ0n) is 9.60. The first-order chi connectivity index (χ1) is 8.66. The first-order valence-electron chi connectivity index (χ1n) is 5.54. The highest BCUT2D eigenvalue weighted by Gasteiger charge is 2.08. The van der Waals surface area contributed by atoms with E-state index in [9.17, 15) is 9.59 Å². The van der Waals surface area contributed by atoms with E-state index < -0.39 is 5.24 Å². The van der Waals surface area contributed by atoms with Gasteiger partial charge in [-0.25, -0.2) is 0 Å². The van der Waals surface area contributed by atoms with E-state index in [1.807, 2.05) is 18.2 Å². The normalized spacial score (nSPS) is 10.1. The molecule has 0 radical (unpaired) electrons. The predicted octanol–water partition coefficient (Wildman–Crippen LogP) is 3.23. The smallest absolute Gasteiger partial charge is 0.226 e. The van der Waals surface area contributed by atoms with Gasteiger partial charge >= 0.3 is 0 Å². The van der Waals surface area contributed by atoms with Crippen molar-refractivity contribution in [1.29, 1.82) is 0 Å². The predicted molar refractivity (Wildman–Crippen MR) is 70.9 cm³/mol. The Morgan fingerprint density at radius 2 is 1.39 bits per heavy atom. The quantitative estimate of drug-likeness (QED) is 0.623. The monoisotopic (exact) mass is 258 g/mol. The minimum atomic E-state index is -0.405. The van der Waals surface area contributed by atoms with Gasteiger partial charge in [0.2, 0.25) is 5.24 Å². The molecule has 0 heterocycles. The molecule has 2 rings (SSSR count). The Labute approximate surface area is 110 Å². The number of benzene rings is 2. The van der Waals surface area contributed by atoms with Crippen LogP contribution in [0.3, 0.4) is 0 Å². The Morgan fingerprint density at radius 3 is 1.94 bits per heavy atom. The summed E-state index contributed by atoms with van der Waals surface area (Å²) >= 11 is 5.30. The number of hydrogen-bond acceptors (Lipinski definition) is 2. The molecule has 0 amide bonds. The maximum Gasteiger partial charge on any atom is 0.226 e. The first-order valence-corrected chi connectivity index (χ1v) is 5.91. The van der Waals surface area contributed by atoms with E-state index in [4.69, 9.17) is 11.6 Å². The second-order valence-electron chi connectivity index (χ2n) is 3.92. The van der Waals surface area contributed by atoms with Gasteiger partial charge in [0.1, 0.15) is 0 Å². The van der Waals surface area contributed by atoms with Crippen molar-refractivity contribution in [1.82, 2.24) is 0 Å². The van der Waals surface area contributed by atoms with Crippen molar-refractivity contribution in [2.45, 2.75) is 6.42 Å². The minimum absolute atomic E-state index is 0.0284. The van der Waals surface area contributed by atoms with Gasteiger partial charge in [-0.3, -0.25) is 9.59 Å². The summed E-state index contributed by atoms with van der Waals surface area (Å²) in [6.07, 6.45) is 0.182. The van der Waals surface area contributed by atoms with Crippen LogP contribution in [0.2, 0.25) is 0 Å². The summed E-state index contributed by atoms with van der Waals surface area (Å²) in [5.74, 6) is -0.0284. The maximum absolute atomic E-state index is 12.1. The molecular weight excluding hydrogens is 248 g/mol. The zero-order valence-corrected chi connectivity index (χ0v) is 10.4. The van der Waals surface area contributed by atoms with E-state index in [0.717, 1.165) is 5.56 Å². The Bertz CT molecular complexity index is 559. The molecule has 2 aromatic carbocycles. The largest absolute Gasteiger partial charge is 0.289 e. The maximum atomic E-state index is 12.1. The first kappa shape index (κ1) is 12.5. The van der Waals surface area contributed by atoms with E-state index in [0.29, 0.717) is 11.1 Å². The molecule has 18 heavy (non-hydrogen) atoms. The molecule has 90 valence electrons. The third kappa shape index (κ3) is 3.05. The fourth-order valence-corrected chi connectivity index (χ4v) is 1.84. The molecule has 0 aliphatic rings. The standard InChI is InChI=1S/C15H11ClO2/c16-14(17)10-11-6-8-13(9-7-11)15(18)12-4-2-1-3-5-12/h1-9H,10H2. The van der Waals surface area contributed by atoms with Crippen molar-refractivity contribution in [2.24, 2.45) is 0 Å². The van der Waals surface area contributed by atoms with E-state index in [1.165, 1.54) is 0 Å². The molecule has 0 aliphatic carbocycles. The SMILES string of the molecule is O=C(Cl)Cc1ccc(C(=O)c2ccccc2)cc1. The Balaban J connectivity index is 2.20. The summed E-state index contributed by atoms with van der Waals surface area (Å²) < 4.78 is 0. The van der Waals surface area contributed by atoms with Crippen LogP contribution in [-0.4, -0.2) is 11.0 Å². The van der Waals surface area contributed by atoms with Crippen LogP contribution < -0.4 is 0 Å². The number of ketones is 1. The fraction of sp³-hybridized carbons (Fsp3) is 0.0667. The lowest BCUT2D eigenvalue weighted by Crippen LogP contribution is -2.01. The van der Waals surface area contributed by atoms with Gasteiger partial charge in [-0.1, -0.05) is 54.6 Å². The van der Waals surface area contributed by atoms with E-state index in [1.54, 1.807) is 36.4 Å². The van der Waals surface area contributed by atoms with Gasteiger partial charge in [-0.05, 0) is 17.2 Å². The van der Waals surface area contributed by atoms with Crippen LogP contribution in [0.4, 0.5) is 0 Å². The lowest BCUT2D eigenvalue weighted by atomic mass is 10.0. The molecule has 3 heteroatoms. The number of rotatable bonds is 4. The molecule has 0 aromatic heterocycles. The van der Waals surface area contributed by atoms with Crippen molar-refractivity contribution in [3.8, 4) is 0 Å². The highest BCUT2D eigenvalue weighted by Crippen LogP contribution is 2.11. The molecule has 0 saturated carbocycles. The second-order valence-corrected chi connectivity index (χ2v) is 4.35. The molecule has 0 bridgehead atoms. The lowest BCUT2D eigenvalue weighted by Gasteiger charge is -2.02. The van der Waals surface area contributed by atoms with Crippen LogP contribution in [0.1, 0.15) is 21.5 Å². The molecular formula is C15H11ClO2. The molecule has 0 aliphatic heterocycles. The number of halogens is 1. The van der Waals surface area contributed by atoms with Gasteiger partial charge in [0.05, 0.1) is 0 Å². The summed E-state index contributed by atoms with van der Waals surface area (Å²) in [7, 11) is 0. The van der Waals surface area contributed by atoms with Crippen LogP contribution in [0.15, 0.2) is 54.6 Å². The summed E-state index contributed by atoms with van der Waals surface area (Å²) in [4.78, 5) is 22.8. The summed E-state index contributed by atoms with van der Waals surface area (Å²) in [5, 5.41) is -0.405. The molecule has 2 aromatic rings. The fourth-order valence-electron chi connectivity index (χ4n) is 1.69.